The topological polar surface area (TPSA) is 88.8 Å². The van der Waals surface area contributed by atoms with Crippen molar-refractivity contribution in [2.24, 2.45) is 0 Å². The predicted octanol–water partition coefficient (Wildman–Crippen LogP) is 6.96. The number of nitrogens with two attached hydrogens (primary N) is 1. The molecule has 0 aliphatic carbocycles. The first-order valence-corrected chi connectivity index (χ1v) is 10.4. The first-order chi connectivity index (χ1) is 15.2. The Morgan fingerprint density at radius 3 is 2.50 bits per heavy atom. The van der Waals surface area contributed by atoms with Gasteiger partial charge in [-0.2, -0.15) is 13.2 Å². The van der Waals surface area contributed by atoms with Gasteiger partial charge < -0.3 is 20.8 Å². The second-order valence-corrected chi connectivity index (χ2v) is 8.34. The maximum Gasteiger partial charge on any atom is 0.416 e. The van der Waals surface area contributed by atoms with Crippen LogP contribution in [-0.4, -0.2) is 15.0 Å². The van der Waals surface area contributed by atoms with Crippen LogP contribution in [0.25, 0.3) is 21.3 Å². The lowest BCUT2D eigenvalue weighted by molar-refractivity contribution is -0.137. The SMILES string of the molecule is Nc1nc2ccc(Oc3ccc(Nc4nc5c(Cl)cc(C(F)(F)F)cc5[nH]4)cc3)cc2s1. The molecule has 2 aromatic heterocycles. The minimum absolute atomic E-state index is 0.0810. The Morgan fingerprint density at radius 2 is 1.75 bits per heavy atom. The van der Waals surface area contributed by atoms with E-state index in [-0.39, 0.29) is 22.0 Å². The molecule has 6 nitrogen and oxygen atoms in total. The van der Waals surface area contributed by atoms with Crippen molar-refractivity contribution >= 4 is 61.0 Å². The minimum atomic E-state index is -4.50. The van der Waals surface area contributed by atoms with Crippen LogP contribution in [-0.2, 0) is 6.18 Å². The Bertz CT molecular complexity index is 1450. The summed E-state index contributed by atoms with van der Waals surface area (Å²) in [6.45, 7) is 0. The van der Waals surface area contributed by atoms with Crippen LogP contribution in [0.1, 0.15) is 5.56 Å². The third kappa shape index (κ3) is 4.02. The van der Waals surface area contributed by atoms with Crippen molar-refractivity contribution in [2.75, 3.05) is 11.1 Å². The fraction of sp³-hybridized carbons (Fsp3) is 0.0476. The highest BCUT2D eigenvalue weighted by molar-refractivity contribution is 7.22. The van der Waals surface area contributed by atoms with Crippen LogP contribution in [0.15, 0.2) is 54.6 Å². The van der Waals surface area contributed by atoms with Crippen molar-refractivity contribution in [3.8, 4) is 11.5 Å². The number of thiazole rings is 1. The molecule has 0 aliphatic rings. The van der Waals surface area contributed by atoms with Gasteiger partial charge in [-0.15, -0.1) is 0 Å². The molecule has 0 atom stereocenters. The van der Waals surface area contributed by atoms with Crippen LogP contribution in [0, 0.1) is 0 Å². The molecule has 0 amide bonds. The van der Waals surface area contributed by atoms with E-state index in [4.69, 9.17) is 22.1 Å². The molecule has 0 radical (unpaired) electrons. The number of hydrogen-bond donors (Lipinski definition) is 3. The zero-order chi connectivity index (χ0) is 22.5. The average molecular weight is 476 g/mol. The van der Waals surface area contributed by atoms with Crippen LogP contribution < -0.4 is 15.8 Å². The van der Waals surface area contributed by atoms with Gasteiger partial charge >= 0.3 is 6.18 Å². The molecule has 2 heterocycles. The lowest BCUT2D eigenvalue weighted by atomic mass is 10.2. The maximum atomic E-state index is 13.0. The van der Waals surface area contributed by atoms with Crippen LogP contribution in [0.5, 0.6) is 11.5 Å². The quantitative estimate of drug-likeness (QED) is 0.261. The minimum Gasteiger partial charge on any atom is -0.457 e. The number of ether oxygens (including phenoxy) is 1. The number of hydrogen-bond acceptors (Lipinski definition) is 6. The number of rotatable bonds is 4. The highest BCUT2D eigenvalue weighted by Gasteiger charge is 2.31. The number of H-pyrrole nitrogens is 1. The van der Waals surface area contributed by atoms with E-state index >= 15 is 0 Å². The maximum absolute atomic E-state index is 13.0. The van der Waals surface area contributed by atoms with Crippen molar-refractivity contribution in [1.82, 2.24) is 15.0 Å². The normalized spacial score (nSPS) is 11.9. The third-order valence-corrected chi connectivity index (χ3v) is 5.73. The lowest BCUT2D eigenvalue weighted by Crippen LogP contribution is -2.04. The fourth-order valence-corrected chi connectivity index (χ4v) is 4.19. The number of fused-ring (bicyclic) bond motifs is 2. The number of nitrogen functional groups attached to an aromatic ring is 1. The molecule has 0 fully saturated rings. The predicted molar refractivity (Wildman–Crippen MR) is 120 cm³/mol. The summed E-state index contributed by atoms with van der Waals surface area (Å²) in [5.41, 5.74) is 6.80. The Balaban J connectivity index is 1.33. The van der Waals surface area contributed by atoms with Gasteiger partial charge in [0.1, 0.15) is 17.0 Å². The summed E-state index contributed by atoms with van der Waals surface area (Å²) in [6.07, 6.45) is -4.50. The Morgan fingerprint density at radius 1 is 1.00 bits per heavy atom. The Kier molecular flexibility index (Phi) is 4.83. The first kappa shape index (κ1) is 20.4. The molecule has 11 heteroatoms. The molecule has 0 saturated heterocycles. The largest absolute Gasteiger partial charge is 0.457 e. The number of alkyl halides is 3. The summed E-state index contributed by atoms with van der Waals surface area (Å²) in [5, 5.41) is 3.43. The number of benzene rings is 3. The standard InChI is InChI=1S/C21H13ClF3N5OS/c22-14-7-10(21(23,24)25)8-16-18(14)30-20(29-16)27-11-1-3-12(4-2-11)31-13-5-6-15-17(9-13)32-19(26)28-15/h1-9H,(H2,26,28)(H2,27,29,30). The molecule has 4 N–H and O–H groups in total. The molecular formula is C21H13ClF3N5OS. The molecule has 0 bridgehead atoms. The van der Waals surface area contributed by atoms with Crippen LogP contribution in [0.4, 0.5) is 29.9 Å². The monoisotopic (exact) mass is 475 g/mol. The van der Waals surface area contributed by atoms with Crippen molar-refractivity contribution in [3.05, 3.63) is 65.2 Å². The molecular weight excluding hydrogens is 463 g/mol. The van der Waals surface area contributed by atoms with Crippen molar-refractivity contribution in [3.63, 3.8) is 0 Å². The third-order valence-electron chi connectivity index (χ3n) is 4.60. The summed E-state index contributed by atoms with van der Waals surface area (Å²) in [6, 6.07) is 14.4. The smallest absolute Gasteiger partial charge is 0.416 e. The van der Waals surface area contributed by atoms with Gasteiger partial charge in [0.15, 0.2) is 5.13 Å². The summed E-state index contributed by atoms with van der Waals surface area (Å²) in [5.74, 6) is 1.52. The molecule has 3 aromatic carbocycles. The van der Waals surface area contributed by atoms with Gasteiger partial charge in [-0.3, -0.25) is 0 Å². The molecule has 5 rings (SSSR count). The van der Waals surface area contributed by atoms with Gasteiger partial charge in [0.25, 0.3) is 0 Å². The van der Waals surface area contributed by atoms with E-state index in [9.17, 15) is 13.2 Å². The molecule has 0 aliphatic heterocycles. The average Bonchev–Trinajstić information content (AvgIpc) is 3.30. The first-order valence-electron chi connectivity index (χ1n) is 9.22. The van der Waals surface area contributed by atoms with E-state index in [2.05, 4.69) is 20.3 Å². The molecule has 0 unspecified atom stereocenters. The molecule has 5 aromatic rings. The number of nitrogens with one attached hydrogen (secondary N) is 2. The lowest BCUT2D eigenvalue weighted by Gasteiger charge is -2.07. The zero-order valence-corrected chi connectivity index (χ0v) is 17.6. The van der Waals surface area contributed by atoms with E-state index in [0.29, 0.717) is 22.3 Å². The van der Waals surface area contributed by atoms with Gasteiger partial charge in [-0.05, 0) is 48.5 Å². The summed E-state index contributed by atoms with van der Waals surface area (Å²) in [7, 11) is 0. The van der Waals surface area contributed by atoms with Crippen LogP contribution in [0.2, 0.25) is 5.02 Å². The number of aromatic amines is 1. The van der Waals surface area contributed by atoms with E-state index in [0.717, 1.165) is 22.3 Å². The highest BCUT2D eigenvalue weighted by Crippen LogP contribution is 2.35. The van der Waals surface area contributed by atoms with E-state index in [1.54, 1.807) is 30.3 Å². The van der Waals surface area contributed by atoms with E-state index < -0.39 is 11.7 Å². The van der Waals surface area contributed by atoms with Crippen LogP contribution >= 0.6 is 22.9 Å². The van der Waals surface area contributed by atoms with Crippen molar-refractivity contribution in [2.45, 2.75) is 6.18 Å². The van der Waals surface area contributed by atoms with Crippen molar-refractivity contribution < 1.29 is 17.9 Å². The van der Waals surface area contributed by atoms with Crippen LogP contribution in [0.3, 0.4) is 0 Å². The highest BCUT2D eigenvalue weighted by atomic mass is 35.5. The van der Waals surface area contributed by atoms with Gasteiger partial charge in [-0.1, -0.05) is 22.9 Å². The molecule has 32 heavy (non-hydrogen) atoms. The van der Waals surface area contributed by atoms with Gasteiger partial charge in [0.2, 0.25) is 5.95 Å². The second kappa shape index (κ2) is 7.57. The molecule has 162 valence electrons. The fourth-order valence-electron chi connectivity index (χ4n) is 3.16. The van der Waals surface area contributed by atoms with Crippen molar-refractivity contribution in [1.29, 1.82) is 0 Å². The number of halogens is 4. The Labute approximate surface area is 187 Å². The number of nitrogens with zero attached hydrogens (tertiary/aromatic N) is 2. The van der Waals surface area contributed by atoms with Gasteiger partial charge in [-0.25, -0.2) is 9.97 Å². The number of aromatic nitrogens is 3. The summed E-state index contributed by atoms with van der Waals surface area (Å²) >= 11 is 7.36. The molecule has 0 saturated carbocycles. The number of imidazole rings is 1. The van der Waals surface area contributed by atoms with Gasteiger partial charge in [0.05, 0.1) is 26.3 Å². The molecule has 0 spiro atoms. The van der Waals surface area contributed by atoms with Gasteiger partial charge in [0, 0.05) is 11.8 Å². The zero-order valence-electron chi connectivity index (χ0n) is 16.0. The second-order valence-electron chi connectivity index (χ2n) is 6.87. The van der Waals surface area contributed by atoms with E-state index in [1.165, 1.54) is 11.3 Å². The number of anilines is 3. The Hall–Kier alpha value is -3.50. The summed E-state index contributed by atoms with van der Waals surface area (Å²) in [4.78, 5) is 11.3. The summed E-state index contributed by atoms with van der Waals surface area (Å²) < 4.78 is 45.8. The van der Waals surface area contributed by atoms with E-state index in [1.807, 2.05) is 12.1 Å².